The van der Waals surface area contributed by atoms with Crippen LogP contribution < -0.4 is 4.90 Å². The number of nitrogens with zero attached hydrogens (tertiary/aromatic N) is 2. The quantitative estimate of drug-likeness (QED) is 0.633. The van der Waals surface area contributed by atoms with Crippen LogP contribution in [0.4, 0.5) is 5.69 Å². The van der Waals surface area contributed by atoms with Gasteiger partial charge >= 0.3 is 0 Å². The second kappa shape index (κ2) is 3.28. The van der Waals surface area contributed by atoms with Crippen LogP contribution in [0.15, 0.2) is 12.3 Å². The van der Waals surface area contributed by atoms with E-state index in [0.29, 0.717) is 10.2 Å². The fourth-order valence-electron chi connectivity index (χ4n) is 0.754. The number of hydrogen-bond donors (Lipinski definition) is 0. The molecule has 0 N–H and O–H groups in total. The van der Waals surface area contributed by atoms with Gasteiger partial charge in [0.2, 0.25) is 0 Å². The van der Waals surface area contributed by atoms with Crippen LogP contribution >= 0.6 is 23.2 Å². The molecule has 11 heavy (non-hydrogen) atoms. The van der Waals surface area contributed by atoms with Gasteiger partial charge in [-0.1, -0.05) is 23.2 Å². The Labute approximate surface area is 75.7 Å². The maximum absolute atomic E-state index is 5.85. The van der Waals surface area contributed by atoms with Gasteiger partial charge in [-0.05, 0) is 6.07 Å². The largest absolute Gasteiger partial charge is 0.376 e. The highest BCUT2D eigenvalue weighted by molar-refractivity contribution is 6.42. The SMILES string of the molecule is CN(C)c1ccnc(Cl)c1Cl. The predicted octanol–water partition coefficient (Wildman–Crippen LogP) is 2.45. The number of halogens is 2. The zero-order valence-corrected chi connectivity index (χ0v) is 7.82. The Morgan fingerprint density at radius 3 is 2.45 bits per heavy atom. The molecule has 0 unspecified atom stereocenters. The lowest BCUT2D eigenvalue weighted by Gasteiger charge is -2.13. The first-order chi connectivity index (χ1) is 5.13. The Morgan fingerprint density at radius 2 is 2.00 bits per heavy atom. The second-order valence-corrected chi connectivity index (χ2v) is 3.07. The summed E-state index contributed by atoms with van der Waals surface area (Å²) in [5.74, 6) is 0. The summed E-state index contributed by atoms with van der Waals surface area (Å²) in [6.07, 6.45) is 1.63. The van der Waals surface area contributed by atoms with E-state index >= 15 is 0 Å². The fraction of sp³-hybridized carbons (Fsp3) is 0.286. The smallest absolute Gasteiger partial charge is 0.149 e. The summed E-state index contributed by atoms with van der Waals surface area (Å²) in [5.41, 5.74) is 0.881. The number of hydrogen-bond acceptors (Lipinski definition) is 2. The van der Waals surface area contributed by atoms with Crippen molar-refractivity contribution in [2.24, 2.45) is 0 Å². The van der Waals surface area contributed by atoms with E-state index in [1.807, 2.05) is 25.1 Å². The van der Waals surface area contributed by atoms with Crippen molar-refractivity contribution < 1.29 is 0 Å². The number of rotatable bonds is 1. The van der Waals surface area contributed by atoms with Crippen LogP contribution in [0.25, 0.3) is 0 Å². The van der Waals surface area contributed by atoms with E-state index in [1.165, 1.54) is 0 Å². The lowest BCUT2D eigenvalue weighted by molar-refractivity contribution is 1.12. The first-order valence-corrected chi connectivity index (χ1v) is 3.86. The van der Waals surface area contributed by atoms with E-state index in [-0.39, 0.29) is 0 Å². The monoisotopic (exact) mass is 190 g/mol. The van der Waals surface area contributed by atoms with Crippen molar-refractivity contribution in [2.75, 3.05) is 19.0 Å². The molecule has 1 aromatic rings. The van der Waals surface area contributed by atoms with Crippen molar-refractivity contribution in [1.82, 2.24) is 4.98 Å². The molecule has 0 saturated heterocycles. The van der Waals surface area contributed by atoms with Crippen LogP contribution in [0.3, 0.4) is 0 Å². The Balaban J connectivity index is 3.17. The van der Waals surface area contributed by atoms with Gasteiger partial charge in [0.1, 0.15) is 10.2 Å². The van der Waals surface area contributed by atoms with Gasteiger partial charge in [-0.2, -0.15) is 0 Å². The molecular weight excluding hydrogens is 183 g/mol. The summed E-state index contributed by atoms with van der Waals surface area (Å²) in [7, 11) is 3.80. The van der Waals surface area contributed by atoms with Crippen LogP contribution in [0.1, 0.15) is 0 Å². The van der Waals surface area contributed by atoms with Crippen LogP contribution in [-0.4, -0.2) is 19.1 Å². The van der Waals surface area contributed by atoms with Gasteiger partial charge in [-0.15, -0.1) is 0 Å². The van der Waals surface area contributed by atoms with Gasteiger partial charge in [0.05, 0.1) is 5.69 Å². The maximum Gasteiger partial charge on any atom is 0.149 e. The molecule has 0 radical (unpaired) electrons. The molecule has 0 bridgehead atoms. The van der Waals surface area contributed by atoms with Gasteiger partial charge in [-0.3, -0.25) is 0 Å². The van der Waals surface area contributed by atoms with Crippen molar-refractivity contribution in [3.05, 3.63) is 22.4 Å². The summed E-state index contributed by atoms with van der Waals surface area (Å²) < 4.78 is 0. The summed E-state index contributed by atoms with van der Waals surface area (Å²) >= 11 is 11.5. The third-order valence-electron chi connectivity index (χ3n) is 1.31. The minimum Gasteiger partial charge on any atom is -0.376 e. The van der Waals surface area contributed by atoms with E-state index in [9.17, 15) is 0 Å². The van der Waals surface area contributed by atoms with Gasteiger partial charge < -0.3 is 4.90 Å². The molecule has 0 aliphatic rings. The standard InChI is InChI=1S/C7H8Cl2N2/c1-11(2)5-3-4-10-7(9)6(5)8/h3-4H,1-2H3. The topological polar surface area (TPSA) is 16.1 Å². The Hall–Kier alpha value is -0.470. The molecule has 4 heteroatoms. The van der Waals surface area contributed by atoms with Crippen LogP contribution in [0.5, 0.6) is 0 Å². The molecule has 0 aromatic carbocycles. The molecule has 0 aliphatic carbocycles. The maximum atomic E-state index is 5.85. The lowest BCUT2D eigenvalue weighted by atomic mass is 10.4. The molecule has 0 spiro atoms. The van der Waals surface area contributed by atoms with Gasteiger partial charge in [0, 0.05) is 20.3 Å². The molecule has 1 heterocycles. The summed E-state index contributed by atoms with van der Waals surface area (Å²) in [5, 5.41) is 0.844. The summed E-state index contributed by atoms with van der Waals surface area (Å²) in [6, 6.07) is 1.81. The van der Waals surface area contributed by atoms with E-state index in [1.54, 1.807) is 6.20 Å². The fourth-order valence-corrected chi connectivity index (χ4v) is 1.19. The van der Waals surface area contributed by atoms with E-state index in [2.05, 4.69) is 4.98 Å². The molecule has 60 valence electrons. The number of pyridine rings is 1. The minimum absolute atomic E-state index is 0.345. The third-order valence-corrected chi connectivity index (χ3v) is 2.06. The normalized spacial score (nSPS) is 9.82. The first kappa shape index (κ1) is 8.62. The van der Waals surface area contributed by atoms with Crippen molar-refractivity contribution in [2.45, 2.75) is 0 Å². The molecule has 1 aromatic heterocycles. The molecule has 1 rings (SSSR count). The van der Waals surface area contributed by atoms with Crippen LogP contribution in [-0.2, 0) is 0 Å². The third kappa shape index (κ3) is 1.76. The molecule has 0 atom stereocenters. The molecule has 2 nitrogen and oxygen atoms in total. The summed E-state index contributed by atoms with van der Waals surface area (Å²) in [4.78, 5) is 5.71. The minimum atomic E-state index is 0.345. The number of aromatic nitrogens is 1. The average Bonchev–Trinajstić information content (AvgIpc) is 1.94. The summed E-state index contributed by atoms with van der Waals surface area (Å²) in [6.45, 7) is 0. The van der Waals surface area contributed by atoms with Gasteiger partial charge in [0.15, 0.2) is 0 Å². The van der Waals surface area contributed by atoms with Gasteiger partial charge in [0.25, 0.3) is 0 Å². The van der Waals surface area contributed by atoms with Crippen molar-refractivity contribution >= 4 is 28.9 Å². The van der Waals surface area contributed by atoms with Crippen LogP contribution in [0.2, 0.25) is 10.2 Å². The highest BCUT2D eigenvalue weighted by Gasteiger charge is 2.05. The zero-order valence-electron chi connectivity index (χ0n) is 6.31. The van der Waals surface area contributed by atoms with Gasteiger partial charge in [-0.25, -0.2) is 4.98 Å². The number of anilines is 1. The molecule has 0 saturated carbocycles. The molecule has 0 fully saturated rings. The highest BCUT2D eigenvalue weighted by Crippen LogP contribution is 2.28. The predicted molar refractivity (Wildman–Crippen MR) is 48.6 cm³/mol. The van der Waals surface area contributed by atoms with Crippen molar-refractivity contribution in [3.8, 4) is 0 Å². The Bertz CT molecular complexity index is 261. The molecular formula is C7H8Cl2N2. The molecule has 0 aliphatic heterocycles. The second-order valence-electron chi connectivity index (χ2n) is 2.33. The molecule has 0 amide bonds. The van der Waals surface area contributed by atoms with E-state index in [0.717, 1.165) is 5.69 Å². The van der Waals surface area contributed by atoms with Crippen molar-refractivity contribution in [1.29, 1.82) is 0 Å². The first-order valence-electron chi connectivity index (χ1n) is 3.10. The van der Waals surface area contributed by atoms with Crippen molar-refractivity contribution in [3.63, 3.8) is 0 Å². The zero-order chi connectivity index (χ0) is 8.43. The average molecular weight is 191 g/mol. The van der Waals surface area contributed by atoms with E-state index in [4.69, 9.17) is 23.2 Å². The Kier molecular flexibility index (Phi) is 2.58. The van der Waals surface area contributed by atoms with E-state index < -0.39 is 0 Å². The highest BCUT2D eigenvalue weighted by atomic mass is 35.5. The van der Waals surface area contributed by atoms with Crippen LogP contribution in [0, 0.1) is 0 Å². The Morgan fingerprint density at radius 1 is 1.36 bits per heavy atom. The lowest BCUT2D eigenvalue weighted by Crippen LogP contribution is -2.09.